The van der Waals surface area contributed by atoms with Gasteiger partial charge < -0.3 is 33.8 Å². The molecule has 0 fully saturated rings. The molecule has 608 valence electrons. The lowest BCUT2D eigenvalue weighted by molar-refractivity contribution is -0.161. The molecule has 0 heterocycles. The Kier molecular flexibility index (Phi) is 74.1. The molecule has 0 amide bonds. The summed E-state index contributed by atoms with van der Waals surface area (Å²) in [6, 6.07) is 0. The third kappa shape index (κ3) is 77.8. The summed E-state index contributed by atoms with van der Waals surface area (Å²) in [5, 5.41) is 10.7. The summed E-state index contributed by atoms with van der Waals surface area (Å²) in [4.78, 5) is 73.1. The van der Waals surface area contributed by atoms with E-state index >= 15 is 0 Å². The quantitative estimate of drug-likeness (QED) is 0.0169. The first kappa shape index (κ1) is 102. The van der Waals surface area contributed by atoms with Gasteiger partial charge in [0.25, 0.3) is 0 Å². The van der Waals surface area contributed by atoms with Crippen LogP contribution in [0.2, 0.25) is 0 Å². The minimum Gasteiger partial charge on any atom is -0.462 e. The van der Waals surface area contributed by atoms with Crippen molar-refractivity contribution in [3.63, 3.8) is 0 Å². The van der Waals surface area contributed by atoms with Gasteiger partial charge in [-0.25, -0.2) is 9.13 Å². The normalized spacial score (nSPS) is 14.9. The van der Waals surface area contributed by atoms with Crippen molar-refractivity contribution >= 4 is 39.5 Å². The second kappa shape index (κ2) is 78.8. The van der Waals surface area contributed by atoms with Crippen LogP contribution in [-0.2, 0) is 65.4 Å². The summed E-state index contributed by atoms with van der Waals surface area (Å²) in [6.07, 6.45) is 98.3. The Labute approximate surface area is 652 Å². The van der Waals surface area contributed by atoms with Crippen LogP contribution in [0.3, 0.4) is 0 Å². The highest BCUT2D eigenvalue weighted by atomic mass is 31.2. The van der Waals surface area contributed by atoms with Crippen LogP contribution in [0.25, 0.3) is 0 Å². The summed E-state index contributed by atoms with van der Waals surface area (Å²) >= 11 is 0. The molecule has 0 rings (SSSR count). The molecule has 0 aliphatic heterocycles. The van der Waals surface area contributed by atoms with Crippen LogP contribution < -0.4 is 0 Å². The number of hydrogen-bond acceptors (Lipinski definition) is 15. The summed E-state index contributed by atoms with van der Waals surface area (Å²) < 4.78 is 68.5. The average Bonchev–Trinajstić information content (AvgIpc) is 0.901. The summed E-state index contributed by atoms with van der Waals surface area (Å²) in [5.74, 6) is -2.42. The fourth-order valence-electron chi connectivity index (χ4n) is 9.80. The number of rotatable bonds is 73. The first-order chi connectivity index (χ1) is 52.7. The molecule has 0 aliphatic rings. The van der Waals surface area contributed by atoms with Crippen LogP contribution >= 0.6 is 15.6 Å². The molecule has 0 spiro atoms. The molecule has 0 aromatic carbocycles. The van der Waals surface area contributed by atoms with Gasteiger partial charge in [0.1, 0.15) is 19.3 Å². The Morgan fingerprint density at radius 3 is 0.787 bits per heavy atom. The lowest BCUT2D eigenvalue weighted by atomic mass is 10.1. The number of ether oxygens (including phenoxy) is 4. The number of carbonyl (C=O) groups is 4. The van der Waals surface area contributed by atoms with Crippen molar-refractivity contribution in [2.45, 2.75) is 290 Å². The molecular weight excluding hydrogens is 1400 g/mol. The highest BCUT2D eigenvalue weighted by Crippen LogP contribution is 2.45. The van der Waals surface area contributed by atoms with Gasteiger partial charge in [-0.3, -0.25) is 37.3 Å². The standard InChI is InChI=1S/C89H140O17P2/c1-5-9-13-17-21-25-29-33-37-40-41-44-47-50-54-58-62-66-70-74-87(92)100-79-84(105-88(93)75-71-67-63-59-55-51-45-36-32-28-24-20-16-12-8-4)81-103-107(95,96)101-77-83(90)78-102-108(97,98)104-82-85(106-89(94)76-72-68-64-60-56-52-48-43-39-35-31-27-23-19-15-11-7-3)80-99-86(91)73-69-65-61-57-53-49-46-42-38-34-30-26-22-18-14-10-6-2/h9-16,21-28,33-39,41,44-46,49-50,54-55,59,67,71,83-85,90H,5-8,17-20,29-32,40,42-43,47-48,51-53,56-58,60-66,68-70,72-82H2,1-4H3,(H,95,96)(H,97,98)/b13-9-,14-10-,15-11-,16-12-,25-21-,26-22-,27-23-,28-24-,37-33-,38-34-,39-35-,44-41-,45-36-,49-46-,54-50-,59-55-,71-67-. The summed E-state index contributed by atoms with van der Waals surface area (Å²) in [6.45, 7) is 4.20. The number of carbonyl (C=O) groups excluding carboxylic acids is 4. The summed E-state index contributed by atoms with van der Waals surface area (Å²) in [7, 11) is -10.0. The second-order valence-electron chi connectivity index (χ2n) is 25.8. The fraction of sp³-hybridized carbons (Fsp3) is 0.573. The molecule has 0 aromatic heterocycles. The highest BCUT2D eigenvalue weighted by molar-refractivity contribution is 7.47. The first-order valence-electron chi connectivity index (χ1n) is 40.3. The van der Waals surface area contributed by atoms with Crippen LogP contribution in [0.15, 0.2) is 207 Å². The van der Waals surface area contributed by atoms with Crippen LogP contribution in [0.5, 0.6) is 0 Å². The highest BCUT2D eigenvalue weighted by Gasteiger charge is 2.30. The molecule has 0 saturated carbocycles. The zero-order valence-corrected chi connectivity index (χ0v) is 68.2. The van der Waals surface area contributed by atoms with Gasteiger partial charge in [0.15, 0.2) is 12.2 Å². The van der Waals surface area contributed by atoms with E-state index in [4.69, 9.17) is 37.0 Å². The maximum atomic E-state index is 13.1. The van der Waals surface area contributed by atoms with Crippen molar-refractivity contribution < 1.29 is 80.2 Å². The summed E-state index contributed by atoms with van der Waals surface area (Å²) in [5.41, 5.74) is 0. The topological polar surface area (TPSA) is 237 Å². The van der Waals surface area contributed by atoms with Crippen molar-refractivity contribution in [1.82, 2.24) is 0 Å². The largest absolute Gasteiger partial charge is 0.472 e. The monoisotopic (exact) mass is 1540 g/mol. The van der Waals surface area contributed by atoms with Gasteiger partial charge >= 0.3 is 39.5 Å². The number of unbranched alkanes of at least 4 members (excludes halogenated alkanes) is 14. The van der Waals surface area contributed by atoms with Crippen molar-refractivity contribution in [2.75, 3.05) is 39.6 Å². The van der Waals surface area contributed by atoms with Crippen molar-refractivity contribution in [3.8, 4) is 0 Å². The zero-order valence-electron chi connectivity index (χ0n) is 66.4. The first-order valence-corrected chi connectivity index (χ1v) is 43.3. The maximum Gasteiger partial charge on any atom is 0.472 e. The Bertz CT molecular complexity index is 2860. The number of phosphoric ester groups is 2. The number of aliphatic hydroxyl groups excluding tert-OH is 1. The van der Waals surface area contributed by atoms with Crippen LogP contribution in [-0.4, -0.2) is 96.7 Å². The van der Waals surface area contributed by atoms with Crippen LogP contribution in [0.1, 0.15) is 272 Å². The molecule has 3 N–H and O–H groups in total. The molecule has 0 saturated heterocycles. The number of esters is 4. The van der Waals surface area contributed by atoms with Gasteiger partial charge in [-0.15, -0.1) is 0 Å². The van der Waals surface area contributed by atoms with Crippen molar-refractivity contribution in [3.05, 3.63) is 207 Å². The number of hydrogen-bond donors (Lipinski definition) is 3. The van der Waals surface area contributed by atoms with Gasteiger partial charge in [-0.05, 0) is 167 Å². The molecule has 19 heteroatoms. The number of phosphoric acid groups is 2. The molecule has 0 bridgehead atoms. The SMILES string of the molecule is CC/C=C\C/C=C\C/C=C\C/C=C\C/C=C\CCCCCC(=O)OCC(COP(=O)(O)OCC(O)COP(=O)(O)OCC(COC(=O)CCCCCC/C=C\C/C=C\C/C=C\C/C=C\CC)OC(=O)CCCCCCCCC/C=C\C/C=C\C/C=C\CC)OC(=O)C/C=C\C/C=C\C/C=C\C/C=C\C/C=C\CC. The predicted molar refractivity (Wildman–Crippen MR) is 445 cm³/mol. The number of allylic oxidation sites excluding steroid dienone is 33. The van der Waals surface area contributed by atoms with Crippen molar-refractivity contribution in [2.24, 2.45) is 0 Å². The van der Waals surface area contributed by atoms with Gasteiger partial charge in [0.2, 0.25) is 0 Å². The third-order valence-electron chi connectivity index (χ3n) is 15.8. The van der Waals surface area contributed by atoms with E-state index in [-0.39, 0.29) is 25.7 Å². The molecule has 5 atom stereocenters. The average molecular weight is 1540 g/mol. The maximum absolute atomic E-state index is 13.1. The Morgan fingerprint density at radius 2 is 0.491 bits per heavy atom. The molecule has 0 aliphatic carbocycles. The zero-order chi connectivity index (χ0) is 78.9. The molecule has 5 unspecified atom stereocenters. The smallest absolute Gasteiger partial charge is 0.462 e. The van der Waals surface area contributed by atoms with E-state index in [0.717, 1.165) is 193 Å². The lowest BCUT2D eigenvalue weighted by Gasteiger charge is -2.21. The predicted octanol–water partition coefficient (Wildman–Crippen LogP) is 23.9. The fourth-order valence-corrected chi connectivity index (χ4v) is 11.4. The van der Waals surface area contributed by atoms with E-state index in [1.54, 1.807) is 12.2 Å². The second-order valence-corrected chi connectivity index (χ2v) is 28.8. The van der Waals surface area contributed by atoms with Gasteiger partial charge in [0.05, 0.1) is 32.8 Å². The Hall–Kier alpha value is -6.36. The van der Waals surface area contributed by atoms with Gasteiger partial charge in [-0.1, -0.05) is 286 Å². The Balaban J connectivity index is 5.52. The van der Waals surface area contributed by atoms with E-state index in [1.807, 2.05) is 12.2 Å². The van der Waals surface area contributed by atoms with E-state index in [0.29, 0.717) is 25.7 Å². The van der Waals surface area contributed by atoms with E-state index < -0.39 is 97.5 Å². The molecule has 0 radical (unpaired) electrons. The van der Waals surface area contributed by atoms with Crippen LogP contribution in [0.4, 0.5) is 0 Å². The lowest BCUT2D eigenvalue weighted by Crippen LogP contribution is -2.30. The van der Waals surface area contributed by atoms with Crippen molar-refractivity contribution in [1.29, 1.82) is 0 Å². The third-order valence-corrected chi connectivity index (χ3v) is 17.7. The van der Waals surface area contributed by atoms with E-state index in [1.165, 1.54) is 0 Å². The van der Waals surface area contributed by atoms with E-state index in [2.05, 4.69) is 210 Å². The van der Waals surface area contributed by atoms with Gasteiger partial charge in [0, 0.05) is 19.3 Å². The molecule has 17 nitrogen and oxygen atoms in total. The Morgan fingerprint density at radius 1 is 0.269 bits per heavy atom. The minimum atomic E-state index is -5.02. The molecule has 0 aromatic rings. The minimum absolute atomic E-state index is 0.0662. The van der Waals surface area contributed by atoms with Gasteiger partial charge in [-0.2, -0.15) is 0 Å². The van der Waals surface area contributed by atoms with E-state index in [9.17, 15) is 43.2 Å². The molecular formula is C89H140O17P2. The number of aliphatic hydroxyl groups is 1. The molecule has 108 heavy (non-hydrogen) atoms. The van der Waals surface area contributed by atoms with Crippen LogP contribution in [0, 0.1) is 0 Å².